The first kappa shape index (κ1) is 20.2. The lowest BCUT2D eigenvalue weighted by Gasteiger charge is -2.35. The summed E-state index contributed by atoms with van der Waals surface area (Å²) in [7, 11) is 0. The third-order valence-corrected chi connectivity index (χ3v) is 5.63. The zero-order chi connectivity index (χ0) is 19.9. The van der Waals surface area contributed by atoms with Crippen LogP contribution in [0.25, 0.3) is 0 Å². The number of hydrogen-bond donors (Lipinski definition) is 1. The van der Waals surface area contributed by atoms with Gasteiger partial charge in [0.1, 0.15) is 5.82 Å². The predicted molar refractivity (Wildman–Crippen MR) is 116 cm³/mol. The van der Waals surface area contributed by atoms with Gasteiger partial charge in [-0.25, -0.2) is 4.98 Å². The quantitative estimate of drug-likeness (QED) is 0.728. The Morgan fingerprint density at radius 3 is 2.57 bits per heavy atom. The molecule has 1 aliphatic heterocycles. The van der Waals surface area contributed by atoms with Crippen molar-refractivity contribution in [1.29, 1.82) is 0 Å². The molecule has 0 spiro atoms. The minimum Gasteiger partial charge on any atom is -0.372 e. The number of benzene rings is 1. The number of carbonyl (C=O) groups is 1. The van der Waals surface area contributed by atoms with Crippen LogP contribution in [-0.4, -0.2) is 41.5 Å². The highest BCUT2D eigenvalue weighted by Gasteiger charge is 2.26. The largest absolute Gasteiger partial charge is 0.372 e. The van der Waals surface area contributed by atoms with Crippen LogP contribution in [0, 0.1) is 0 Å². The Kier molecular flexibility index (Phi) is 6.90. The van der Waals surface area contributed by atoms with Gasteiger partial charge >= 0.3 is 0 Å². The van der Waals surface area contributed by atoms with Crippen LogP contribution in [0.1, 0.15) is 56.8 Å². The van der Waals surface area contributed by atoms with Gasteiger partial charge in [-0.3, -0.25) is 4.79 Å². The van der Waals surface area contributed by atoms with Gasteiger partial charge in [-0.15, -0.1) is 0 Å². The van der Waals surface area contributed by atoms with Gasteiger partial charge in [0, 0.05) is 48.8 Å². The Balaban J connectivity index is 1.72. The SMILES string of the molecule is CCC1CCCCN1C(=O)c1ccnc(Nc2ccc(N(CC)CC)cc2)c1. The van der Waals surface area contributed by atoms with Gasteiger partial charge in [0.05, 0.1) is 0 Å². The number of carbonyl (C=O) groups excluding carboxylic acids is 1. The first-order valence-electron chi connectivity index (χ1n) is 10.5. The van der Waals surface area contributed by atoms with Crippen molar-refractivity contribution < 1.29 is 4.79 Å². The highest BCUT2D eigenvalue weighted by Crippen LogP contribution is 2.24. The van der Waals surface area contributed by atoms with Crippen molar-refractivity contribution in [2.45, 2.75) is 52.5 Å². The van der Waals surface area contributed by atoms with Gasteiger partial charge in [-0.1, -0.05) is 6.92 Å². The molecule has 5 heteroatoms. The van der Waals surface area contributed by atoms with Gasteiger partial charge in [0.2, 0.25) is 0 Å². The first-order valence-corrected chi connectivity index (χ1v) is 10.5. The van der Waals surface area contributed by atoms with E-state index in [1.165, 1.54) is 12.1 Å². The molecule has 1 amide bonds. The van der Waals surface area contributed by atoms with Crippen LogP contribution in [0.3, 0.4) is 0 Å². The van der Waals surface area contributed by atoms with E-state index in [0.717, 1.165) is 44.6 Å². The summed E-state index contributed by atoms with van der Waals surface area (Å²) in [6, 6.07) is 12.4. The van der Waals surface area contributed by atoms with E-state index in [9.17, 15) is 4.79 Å². The summed E-state index contributed by atoms with van der Waals surface area (Å²) in [6.45, 7) is 9.32. The second-order valence-corrected chi connectivity index (χ2v) is 7.33. The van der Waals surface area contributed by atoms with Gasteiger partial charge < -0.3 is 15.1 Å². The maximum atomic E-state index is 13.0. The standard InChI is InChI=1S/C23H32N4O/c1-4-20-9-7-8-16-27(20)23(28)18-14-15-24-22(17-18)25-19-10-12-21(13-11-19)26(5-2)6-3/h10-15,17,20H,4-9,16H2,1-3H3,(H,24,25). The Labute approximate surface area is 168 Å². The first-order chi connectivity index (χ1) is 13.7. The minimum atomic E-state index is 0.119. The van der Waals surface area contributed by atoms with Gasteiger partial charge in [0.15, 0.2) is 0 Å². The number of amides is 1. The average Bonchev–Trinajstić information content (AvgIpc) is 2.75. The topological polar surface area (TPSA) is 48.5 Å². The van der Waals surface area contributed by atoms with E-state index >= 15 is 0 Å². The number of hydrogen-bond acceptors (Lipinski definition) is 4. The van der Waals surface area contributed by atoms with E-state index in [1.54, 1.807) is 6.20 Å². The number of anilines is 3. The Bertz CT molecular complexity index is 770. The number of nitrogens with one attached hydrogen (secondary N) is 1. The van der Waals surface area contributed by atoms with E-state index in [0.29, 0.717) is 17.4 Å². The zero-order valence-corrected chi connectivity index (χ0v) is 17.3. The summed E-state index contributed by atoms with van der Waals surface area (Å²) in [5.41, 5.74) is 2.89. The molecular weight excluding hydrogens is 348 g/mol. The molecule has 5 nitrogen and oxygen atoms in total. The molecule has 2 heterocycles. The van der Waals surface area contributed by atoms with Crippen LogP contribution >= 0.6 is 0 Å². The highest BCUT2D eigenvalue weighted by molar-refractivity contribution is 5.95. The summed E-state index contributed by atoms with van der Waals surface area (Å²) in [5, 5.41) is 3.33. The molecule has 0 saturated carbocycles. The molecule has 1 saturated heterocycles. The minimum absolute atomic E-state index is 0.119. The molecule has 1 aliphatic rings. The summed E-state index contributed by atoms with van der Waals surface area (Å²) in [6.07, 6.45) is 6.15. The molecule has 1 fully saturated rings. The summed E-state index contributed by atoms with van der Waals surface area (Å²) in [4.78, 5) is 21.8. The van der Waals surface area contributed by atoms with Crippen molar-refractivity contribution in [2.24, 2.45) is 0 Å². The molecule has 0 bridgehead atoms. The van der Waals surface area contributed by atoms with E-state index < -0.39 is 0 Å². The molecule has 1 aromatic carbocycles. The van der Waals surface area contributed by atoms with Crippen molar-refractivity contribution in [2.75, 3.05) is 29.9 Å². The van der Waals surface area contributed by atoms with Crippen molar-refractivity contribution >= 4 is 23.1 Å². The smallest absolute Gasteiger partial charge is 0.254 e. The van der Waals surface area contributed by atoms with Gasteiger partial charge in [-0.05, 0) is 75.9 Å². The second-order valence-electron chi connectivity index (χ2n) is 7.33. The molecule has 0 aliphatic carbocycles. The van der Waals surface area contributed by atoms with E-state index in [4.69, 9.17) is 0 Å². The normalized spacial score (nSPS) is 16.7. The van der Waals surface area contributed by atoms with E-state index in [-0.39, 0.29) is 5.91 Å². The lowest BCUT2D eigenvalue weighted by Crippen LogP contribution is -2.43. The molecule has 1 atom stereocenters. The molecule has 1 N–H and O–H groups in total. The maximum Gasteiger partial charge on any atom is 0.254 e. The van der Waals surface area contributed by atoms with Crippen molar-refractivity contribution in [3.63, 3.8) is 0 Å². The number of rotatable bonds is 7. The molecule has 2 aromatic rings. The lowest BCUT2D eigenvalue weighted by atomic mass is 9.99. The summed E-state index contributed by atoms with van der Waals surface area (Å²) < 4.78 is 0. The molecule has 3 rings (SSSR count). The third-order valence-electron chi connectivity index (χ3n) is 5.63. The van der Waals surface area contributed by atoms with Gasteiger partial charge in [0.25, 0.3) is 5.91 Å². The monoisotopic (exact) mass is 380 g/mol. The molecule has 0 radical (unpaired) electrons. The van der Waals surface area contributed by atoms with E-state index in [2.05, 4.69) is 60.2 Å². The fourth-order valence-electron chi connectivity index (χ4n) is 3.98. The molecule has 28 heavy (non-hydrogen) atoms. The predicted octanol–water partition coefficient (Wildman–Crippen LogP) is 5.08. The van der Waals surface area contributed by atoms with Crippen LogP contribution in [0.5, 0.6) is 0 Å². The van der Waals surface area contributed by atoms with Crippen molar-refractivity contribution in [1.82, 2.24) is 9.88 Å². The summed E-state index contributed by atoms with van der Waals surface area (Å²) >= 11 is 0. The molecule has 1 aromatic heterocycles. The number of pyridine rings is 1. The Hall–Kier alpha value is -2.56. The summed E-state index contributed by atoms with van der Waals surface area (Å²) in [5.74, 6) is 0.820. The fourth-order valence-corrected chi connectivity index (χ4v) is 3.98. The maximum absolute atomic E-state index is 13.0. The Morgan fingerprint density at radius 1 is 1.14 bits per heavy atom. The van der Waals surface area contributed by atoms with Crippen LogP contribution in [0.15, 0.2) is 42.6 Å². The second kappa shape index (κ2) is 9.58. The molecular formula is C23H32N4O. The lowest BCUT2D eigenvalue weighted by molar-refractivity contribution is 0.0608. The zero-order valence-electron chi connectivity index (χ0n) is 17.3. The highest BCUT2D eigenvalue weighted by atomic mass is 16.2. The number of nitrogens with zero attached hydrogens (tertiary/aromatic N) is 3. The number of aromatic nitrogens is 1. The number of piperidine rings is 1. The van der Waals surface area contributed by atoms with E-state index in [1.807, 2.05) is 17.0 Å². The van der Waals surface area contributed by atoms with Crippen molar-refractivity contribution in [3.8, 4) is 0 Å². The van der Waals surface area contributed by atoms with Crippen LogP contribution in [-0.2, 0) is 0 Å². The molecule has 150 valence electrons. The van der Waals surface area contributed by atoms with Crippen LogP contribution in [0.2, 0.25) is 0 Å². The van der Waals surface area contributed by atoms with Crippen LogP contribution in [0.4, 0.5) is 17.2 Å². The van der Waals surface area contributed by atoms with Crippen LogP contribution < -0.4 is 10.2 Å². The Morgan fingerprint density at radius 2 is 1.89 bits per heavy atom. The molecule has 1 unspecified atom stereocenters. The number of likely N-dealkylation sites (tertiary alicyclic amines) is 1. The van der Waals surface area contributed by atoms with Gasteiger partial charge in [-0.2, -0.15) is 0 Å². The fraction of sp³-hybridized carbons (Fsp3) is 0.478. The third kappa shape index (κ3) is 4.64. The average molecular weight is 381 g/mol. The van der Waals surface area contributed by atoms with Crippen molar-refractivity contribution in [3.05, 3.63) is 48.2 Å².